The highest BCUT2D eigenvalue weighted by atomic mass is 79.9. The van der Waals surface area contributed by atoms with Gasteiger partial charge in [0.2, 0.25) is 0 Å². The molecule has 0 amide bonds. The van der Waals surface area contributed by atoms with Crippen molar-refractivity contribution < 1.29 is 20.1 Å². The Morgan fingerprint density at radius 1 is 1.50 bits per heavy atom. The first kappa shape index (κ1) is 8.86. The van der Waals surface area contributed by atoms with Crippen LogP contribution in [0.5, 0.6) is 11.5 Å². The van der Waals surface area contributed by atoms with E-state index in [1.54, 1.807) is 0 Å². The lowest BCUT2D eigenvalue weighted by Crippen LogP contribution is -1.99. The highest BCUT2D eigenvalue weighted by Crippen LogP contribution is 2.31. The molecule has 64 valence electrons. The number of hydrogen-bond acceptors (Lipinski definition) is 3. The molecule has 0 radical (unpaired) electrons. The van der Waals surface area contributed by atoms with Crippen molar-refractivity contribution in [1.29, 1.82) is 0 Å². The molecule has 0 unspecified atom stereocenters. The van der Waals surface area contributed by atoms with Crippen molar-refractivity contribution >= 4 is 21.9 Å². The molecule has 0 fully saturated rings. The largest absolute Gasteiger partial charge is 0.872 e. The molecule has 0 bridgehead atoms. The van der Waals surface area contributed by atoms with Crippen LogP contribution in [0, 0.1) is 0 Å². The predicted octanol–water partition coefficient (Wildman–Crippen LogP) is 0.926. The third-order valence-electron chi connectivity index (χ3n) is 1.27. The van der Waals surface area contributed by atoms with Gasteiger partial charge in [0.25, 0.3) is 0 Å². The number of phenolic OH excluding ortho intramolecular Hbond substituents is 1. The summed E-state index contributed by atoms with van der Waals surface area (Å²) in [5.74, 6) is -2.15. The van der Waals surface area contributed by atoms with E-state index in [-0.39, 0.29) is 15.8 Å². The second kappa shape index (κ2) is 3.02. The maximum absolute atomic E-state index is 10.9. The van der Waals surface area contributed by atoms with Crippen molar-refractivity contribution in [1.82, 2.24) is 0 Å². The number of aromatic hydroxyl groups is 1. The number of halogens is 1. The maximum Gasteiger partial charge on any atom is 0.335 e. The van der Waals surface area contributed by atoms with E-state index in [9.17, 15) is 9.90 Å². The quantitative estimate of drug-likeness (QED) is 0.754. The van der Waals surface area contributed by atoms with Gasteiger partial charge in [-0.25, -0.2) is 4.79 Å². The van der Waals surface area contributed by atoms with E-state index in [1.165, 1.54) is 0 Å². The average Bonchev–Trinajstić information content (AvgIpc) is 1.99. The van der Waals surface area contributed by atoms with E-state index in [0.29, 0.717) is 0 Å². The summed E-state index contributed by atoms with van der Waals surface area (Å²) in [7, 11) is 0. The van der Waals surface area contributed by atoms with Crippen LogP contribution in [0.4, 0.5) is 0 Å². The van der Waals surface area contributed by atoms with Crippen molar-refractivity contribution in [3.63, 3.8) is 0 Å². The maximum atomic E-state index is 10.9. The zero-order chi connectivity index (χ0) is 9.30. The van der Waals surface area contributed by atoms with E-state index in [2.05, 4.69) is 15.9 Å². The van der Waals surface area contributed by atoms with Gasteiger partial charge < -0.3 is 15.3 Å². The number of aromatic carboxylic acids is 1. The first-order valence-corrected chi connectivity index (χ1v) is 3.74. The molecule has 0 atom stereocenters. The molecule has 1 rings (SSSR count). The zero-order valence-corrected chi connectivity index (χ0v) is 7.33. The Hall–Kier alpha value is -1.23. The molecule has 0 aliphatic carbocycles. The molecule has 2 N–H and O–H groups in total. The van der Waals surface area contributed by atoms with E-state index < -0.39 is 11.7 Å². The summed E-state index contributed by atoms with van der Waals surface area (Å²) in [5.41, 5.74) is -0.222. The molecule has 0 saturated heterocycles. The van der Waals surface area contributed by atoms with Gasteiger partial charge in [0.1, 0.15) is 5.75 Å². The van der Waals surface area contributed by atoms with Gasteiger partial charge in [-0.15, -0.1) is 0 Å². The van der Waals surface area contributed by atoms with Crippen molar-refractivity contribution in [3.8, 4) is 11.5 Å². The van der Waals surface area contributed by atoms with Crippen molar-refractivity contribution in [2.75, 3.05) is 0 Å². The van der Waals surface area contributed by atoms with Gasteiger partial charge >= 0.3 is 5.97 Å². The van der Waals surface area contributed by atoms with E-state index in [1.807, 2.05) is 0 Å². The van der Waals surface area contributed by atoms with Crippen LogP contribution in [0.3, 0.4) is 0 Å². The first-order chi connectivity index (χ1) is 5.52. The third-order valence-corrected chi connectivity index (χ3v) is 2.06. The Morgan fingerprint density at radius 3 is 2.50 bits per heavy atom. The zero-order valence-electron chi connectivity index (χ0n) is 5.74. The topological polar surface area (TPSA) is 80.6 Å². The SMILES string of the molecule is O=C(O)c1cc([O-])c(Br)c(O)c1. The fourth-order valence-corrected chi connectivity index (χ4v) is 0.936. The summed E-state index contributed by atoms with van der Waals surface area (Å²) in [6.45, 7) is 0. The van der Waals surface area contributed by atoms with Gasteiger partial charge in [0, 0.05) is 0 Å². The van der Waals surface area contributed by atoms with Crippen LogP contribution in [-0.2, 0) is 0 Å². The van der Waals surface area contributed by atoms with Gasteiger partial charge in [0.05, 0.1) is 10.0 Å². The smallest absolute Gasteiger partial charge is 0.335 e. The first-order valence-electron chi connectivity index (χ1n) is 2.95. The number of hydrogen-bond donors (Lipinski definition) is 2. The summed E-state index contributed by atoms with van der Waals surface area (Å²) in [6.07, 6.45) is 0. The number of rotatable bonds is 1. The van der Waals surface area contributed by atoms with Gasteiger partial charge in [-0.3, -0.25) is 0 Å². The van der Waals surface area contributed by atoms with E-state index >= 15 is 0 Å². The molecule has 0 aromatic heterocycles. The monoisotopic (exact) mass is 231 g/mol. The second-order valence-corrected chi connectivity index (χ2v) is 2.91. The van der Waals surface area contributed by atoms with E-state index in [0.717, 1.165) is 12.1 Å². The molecule has 0 spiro atoms. The van der Waals surface area contributed by atoms with Crippen LogP contribution in [0.2, 0.25) is 0 Å². The minimum absolute atomic E-state index is 0.0208. The summed E-state index contributed by atoms with van der Waals surface area (Å²) in [4.78, 5) is 10.4. The summed E-state index contributed by atoms with van der Waals surface area (Å²) >= 11 is 2.81. The normalized spacial score (nSPS) is 9.75. The summed E-state index contributed by atoms with van der Waals surface area (Å²) < 4.78 is -0.0208. The van der Waals surface area contributed by atoms with Gasteiger partial charge in [-0.2, -0.15) is 0 Å². The fraction of sp³-hybridized carbons (Fsp3) is 0. The summed E-state index contributed by atoms with van der Waals surface area (Å²) in [5, 5.41) is 28.4. The lowest BCUT2D eigenvalue weighted by molar-refractivity contribution is -0.269. The average molecular weight is 232 g/mol. The fourth-order valence-electron chi connectivity index (χ4n) is 0.707. The van der Waals surface area contributed by atoms with Crippen LogP contribution >= 0.6 is 15.9 Å². The number of carboxylic acid groups (broad SMARTS) is 1. The highest BCUT2D eigenvalue weighted by Gasteiger charge is 2.06. The van der Waals surface area contributed by atoms with Crippen molar-refractivity contribution in [2.45, 2.75) is 0 Å². The van der Waals surface area contributed by atoms with E-state index in [4.69, 9.17) is 10.2 Å². The molecule has 0 heterocycles. The van der Waals surface area contributed by atoms with Gasteiger partial charge in [-0.1, -0.05) is 11.8 Å². The molecule has 0 aliphatic heterocycles. The molecule has 1 aromatic rings. The van der Waals surface area contributed by atoms with Crippen molar-refractivity contribution in [3.05, 3.63) is 22.2 Å². The predicted molar refractivity (Wildman–Crippen MR) is 42.2 cm³/mol. The van der Waals surface area contributed by atoms with Crippen LogP contribution in [0.15, 0.2) is 16.6 Å². The Labute approximate surface area is 76.2 Å². The molecular weight excluding hydrogens is 228 g/mol. The molecule has 0 aliphatic rings. The van der Waals surface area contributed by atoms with Gasteiger partial charge in [0.15, 0.2) is 0 Å². The Kier molecular flexibility index (Phi) is 2.23. The lowest BCUT2D eigenvalue weighted by atomic mass is 10.2. The Bertz CT molecular complexity index is 311. The molecule has 12 heavy (non-hydrogen) atoms. The number of benzene rings is 1. The molecular formula is C7H4BrO4-. The lowest BCUT2D eigenvalue weighted by Gasteiger charge is -2.10. The minimum atomic E-state index is -1.24. The number of phenols is 1. The van der Waals surface area contributed by atoms with Crippen molar-refractivity contribution in [2.24, 2.45) is 0 Å². The standard InChI is InChI=1S/C7H5BrO4/c8-6-4(9)1-3(7(11)12)2-5(6)10/h1-2,9-10H,(H,11,12)/p-1. The third kappa shape index (κ3) is 1.50. The van der Waals surface area contributed by atoms with Crippen LogP contribution in [-0.4, -0.2) is 16.2 Å². The molecule has 1 aromatic carbocycles. The van der Waals surface area contributed by atoms with Gasteiger partial charge in [-0.05, 0) is 22.0 Å². The minimum Gasteiger partial charge on any atom is -0.872 e. The van der Waals surface area contributed by atoms with Crippen LogP contribution < -0.4 is 5.11 Å². The summed E-state index contributed by atoms with van der Waals surface area (Å²) in [6, 6.07) is 1.94. The number of carbonyl (C=O) groups is 1. The highest BCUT2D eigenvalue weighted by molar-refractivity contribution is 9.10. The molecule has 0 saturated carbocycles. The Morgan fingerprint density at radius 2 is 2.08 bits per heavy atom. The molecule has 5 heteroatoms. The van der Waals surface area contributed by atoms with Crippen LogP contribution in [0.25, 0.3) is 0 Å². The number of carboxylic acids is 1. The van der Waals surface area contributed by atoms with Crippen LogP contribution in [0.1, 0.15) is 10.4 Å². The molecule has 4 nitrogen and oxygen atoms in total. The Balaban J connectivity index is 3.31. The second-order valence-electron chi connectivity index (χ2n) is 2.11.